The number of hydrogen-bond acceptors (Lipinski definition) is 5. The van der Waals surface area contributed by atoms with Crippen LogP contribution in [0.1, 0.15) is 11.1 Å². The number of phenols is 1. The highest BCUT2D eigenvalue weighted by molar-refractivity contribution is 7.92. The minimum absolute atomic E-state index is 0.0106. The molecular formula is C22H18Cl3N3O4S. The SMILES string of the molecule is Cc1ccc(N(CC(=O)N/N=C\c2cc(Cl)cc(Cl)c2O)S(=O)(=O)c2ccccc2)cc1Cl. The van der Waals surface area contributed by atoms with Gasteiger partial charge in [0.25, 0.3) is 15.9 Å². The maximum Gasteiger partial charge on any atom is 0.264 e. The van der Waals surface area contributed by atoms with Gasteiger partial charge in [0.15, 0.2) is 0 Å². The van der Waals surface area contributed by atoms with E-state index < -0.39 is 22.5 Å². The van der Waals surface area contributed by atoms with Crippen LogP contribution in [0.3, 0.4) is 0 Å². The molecule has 0 heterocycles. The van der Waals surface area contributed by atoms with Gasteiger partial charge in [0.1, 0.15) is 12.3 Å². The third-order valence-corrected chi connectivity index (χ3v) is 7.21. The number of benzene rings is 3. The first kappa shape index (κ1) is 24.9. The Morgan fingerprint density at radius 1 is 1.06 bits per heavy atom. The summed E-state index contributed by atoms with van der Waals surface area (Å²) >= 11 is 18.0. The Morgan fingerprint density at radius 2 is 1.76 bits per heavy atom. The number of sulfonamides is 1. The topological polar surface area (TPSA) is 99.1 Å². The number of hydrazone groups is 1. The summed E-state index contributed by atoms with van der Waals surface area (Å²) in [6.07, 6.45) is 1.14. The highest BCUT2D eigenvalue weighted by Gasteiger charge is 2.27. The van der Waals surface area contributed by atoms with E-state index in [1.807, 2.05) is 0 Å². The third kappa shape index (κ3) is 5.97. The van der Waals surface area contributed by atoms with Gasteiger partial charge < -0.3 is 5.11 Å². The number of nitrogens with zero attached hydrogens (tertiary/aromatic N) is 2. The molecule has 0 fully saturated rings. The molecule has 0 saturated carbocycles. The molecule has 0 aliphatic heterocycles. The normalized spacial score (nSPS) is 11.5. The number of hydrogen-bond donors (Lipinski definition) is 2. The predicted molar refractivity (Wildman–Crippen MR) is 131 cm³/mol. The molecule has 0 aromatic heterocycles. The molecule has 2 N–H and O–H groups in total. The third-order valence-electron chi connectivity index (χ3n) is 4.51. The van der Waals surface area contributed by atoms with Crippen molar-refractivity contribution in [3.8, 4) is 5.75 Å². The van der Waals surface area contributed by atoms with E-state index in [4.69, 9.17) is 34.8 Å². The summed E-state index contributed by atoms with van der Waals surface area (Å²) < 4.78 is 27.5. The molecule has 0 bridgehead atoms. The largest absolute Gasteiger partial charge is 0.506 e. The van der Waals surface area contributed by atoms with E-state index in [0.29, 0.717) is 5.02 Å². The number of carbonyl (C=O) groups is 1. The second kappa shape index (κ2) is 10.4. The fraction of sp³-hybridized carbons (Fsp3) is 0.0909. The molecular weight excluding hydrogens is 509 g/mol. The van der Waals surface area contributed by atoms with E-state index >= 15 is 0 Å². The molecule has 1 amide bonds. The maximum atomic E-state index is 13.3. The molecule has 0 saturated heterocycles. The van der Waals surface area contributed by atoms with Crippen molar-refractivity contribution in [3.63, 3.8) is 0 Å². The molecule has 3 rings (SSSR count). The van der Waals surface area contributed by atoms with Gasteiger partial charge in [0.05, 0.1) is 21.8 Å². The lowest BCUT2D eigenvalue weighted by Crippen LogP contribution is -2.39. The van der Waals surface area contributed by atoms with Crippen molar-refractivity contribution in [2.75, 3.05) is 10.8 Å². The first-order chi connectivity index (χ1) is 15.6. The van der Waals surface area contributed by atoms with Crippen LogP contribution in [0.25, 0.3) is 0 Å². The Hall–Kier alpha value is -2.78. The second-order valence-corrected chi connectivity index (χ2v) is 9.99. The first-order valence-corrected chi connectivity index (χ1v) is 12.0. The molecule has 33 heavy (non-hydrogen) atoms. The van der Waals surface area contributed by atoms with Crippen LogP contribution < -0.4 is 9.73 Å². The molecule has 0 unspecified atom stereocenters. The Labute approximate surface area is 206 Å². The number of nitrogens with one attached hydrogen (secondary N) is 1. The van der Waals surface area contributed by atoms with Gasteiger partial charge in [-0.25, -0.2) is 13.8 Å². The van der Waals surface area contributed by atoms with Crippen molar-refractivity contribution < 1.29 is 18.3 Å². The number of anilines is 1. The predicted octanol–water partition coefficient (Wildman–Crippen LogP) is 5.01. The maximum absolute atomic E-state index is 13.3. The van der Waals surface area contributed by atoms with Crippen LogP contribution in [0.4, 0.5) is 5.69 Å². The Balaban J connectivity index is 1.87. The van der Waals surface area contributed by atoms with Crippen molar-refractivity contribution in [1.82, 2.24) is 5.43 Å². The molecule has 0 aliphatic carbocycles. The summed E-state index contributed by atoms with van der Waals surface area (Å²) in [5.74, 6) is -0.989. The minimum Gasteiger partial charge on any atom is -0.506 e. The summed E-state index contributed by atoms with van der Waals surface area (Å²) in [7, 11) is -4.09. The smallest absolute Gasteiger partial charge is 0.264 e. The lowest BCUT2D eigenvalue weighted by molar-refractivity contribution is -0.119. The number of aromatic hydroxyl groups is 1. The van der Waals surface area contributed by atoms with Crippen molar-refractivity contribution in [1.29, 1.82) is 0 Å². The lowest BCUT2D eigenvalue weighted by atomic mass is 10.2. The zero-order valence-electron chi connectivity index (χ0n) is 17.2. The van der Waals surface area contributed by atoms with Crippen LogP contribution in [0.5, 0.6) is 5.75 Å². The van der Waals surface area contributed by atoms with Gasteiger partial charge in [-0.1, -0.05) is 59.1 Å². The van der Waals surface area contributed by atoms with E-state index in [9.17, 15) is 18.3 Å². The van der Waals surface area contributed by atoms with Crippen LogP contribution >= 0.6 is 34.8 Å². The summed E-state index contributed by atoms with van der Waals surface area (Å²) in [4.78, 5) is 12.6. The van der Waals surface area contributed by atoms with Crippen molar-refractivity contribution >= 4 is 62.6 Å². The molecule has 0 radical (unpaired) electrons. The fourth-order valence-electron chi connectivity index (χ4n) is 2.80. The number of aryl methyl sites for hydroxylation is 1. The molecule has 11 heteroatoms. The van der Waals surface area contributed by atoms with Crippen LogP contribution in [0.2, 0.25) is 15.1 Å². The molecule has 0 atom stereocenters. The number of halogens is 3. The summed E-state index contributed by atoms with van der Waals surface area (Å²) in [6, 6.07) is 15.2. The lowest BCUT2D eigenvalue weighted by Gasteiger charge is -2.24. The van der Waals surface area contributed by atoms with Crippen molar-refractivity contribution in [2.45, 2.75) is 11.8 Å². The Kier molecular flexibility index (Phi) is 7.86. The zero-order valence-corrected chi connectivity index (χ0v) is 20.3. The van der Waals surface area contributed by atoms with Gasteiger partial charge in [0.2, 0.25) is 0 Å². The van der Waals surface area contributed by atoms with Crippen LogP contribution in [-0.2, 0) is 14.8 Å². The van der Waals surface area contributed by atoms with E-state index in [1.54, 1.807) is 37.3 Å². The average Bonchev–Trinajstić information content (AvgIpc) is 2.78. The number of carbonyl (C=O) groups excluding carboxylic acids is 1. The fourth-order valence-corrected chi connectivity index (χ4v) is 4.91. The molecule has 3 aromatic rings. The first-order valence-electron chi connectivity index (χ1n) is 9.43. The van der Waals surface area contributed by atoms with Gasteiger partial charge in [0, 0.05) is 15.6 Å². The number of amides is 1. The highest BCUT2D eigenvalue weighted by Crippen LogP contribution is 2.30. The monoisotopic (exact) mass is 525 g/mol. The summed E-state index contributed by atoms with van der Waals surface area (Å²) in [5, 5.41) is 14.4. The van der Waals surface area contributed by atoms with Gasteiger partial charge in [-0.05, 0) is 48.9 Å². The molecule has 172 valence electrons. The summed E-state index contributed by atoms with van der Waals surface area (Å²) in [5.41, 5.74) is 3.39. The highest BCUT2D eigenvalue weighted by atomic mass is 35.5. The van der Waals surface area contributed by atoms with Gasteiger partial charge in [-0.2, -0.15) is 5.10 Å². The van der Waals surface area contributed by atoms with Gasteiger partial charge in [-0.3, -0.25) is 9.10 Å². The molecule has 7 nitrogen and oxygen atoms in total. The Morgan fingerprint density at radius 3 is 2.42 bits per heavy atom. The van der Waals surface area contributed by atoms with E-state index in [0.717, 1.165) is 16.1 Å². The average molecular weight is 527 g/mol. The van der Waals surface area contributed by atoms with Crippen molar-refractivity contribution in [2.24, 2.45) is 5.10 Å². The Bertz CT molecular complexity index is 1320. The molecule has 0 spiro atoms. The number of rotatable bonds is 7. The van der Waals surface area contributed by atoms with Crippen molar-refractivity contribution in [3.05, 3.63) is 86.9 Å². The standard InChI is InChI=1S/C22H18Cl3N3O4S/c1-14-7-8-17(11-19(14)24)28(33(31,32)18-5-3-2-4-6-18)13-21(29)27-26-12-15-9-16(23)10-20(25)22(15)30/h2-12,30H,13H2,1H3,(H,27,29)/b26-12-. The summed E-state index contributed by atoms with van der Waals surface area (Å²) in [6.45, 7) is 1.21. The zero-order chi connectivity index (χ0) is 24.2. The van der Waals surface area contributed by atoms with E-state index in [2.05, 4.69) is 10.5 Å². The molecule has 3 aromatic carbocycles. The second-order valence-electron chi connectivity index (χ2n) is 6.88. The number of phenolic OH excluding ortho intramolecular Hbond substituents is 1. The van der Waals surface area contributed by atoms with E-state index in [-0.39, 0.29) is 31.9 Å². The van der Waals surface area contributed by atoms with Gasteiger partial charge >= 0.3 is 0 Å². The van der Waals surface area contributed by atoms with E-state index in [1.165, 1.54) is 30.3 Å². The van der Waals surface area contributed by atoms with Gasteiger partial charge in [-0.15, -0.1) is 0 Å². The molecule has 0 aliphatic rings. The van der Waals surface area contributed by atoms with Crippen LogP contribution in [0.15, 0.2) is 70.7 Å². The quantitative estimate of drug-likeness (QED) is 0.334. The minimum atomic E-state index is -4.09. The van der Waals surface area contributed by atoms with Crippen LogP contribution in [-0.4, -0.2) is 32.2 Å². The van der Waals surface area contributed by atoms with Crippen LogP contribution in [0, 0.1) is 6.92 Å².